The fourth-order valence-corrected chi connectivity index (χ4v) is 4.37. The van der Waals surface area contributed by atoms with Gasteiger partial charge in [-0.25, -0.2) is 0 Å². The number of benzene rings is 2. The van der Waals surface area contributed by atoms with Crippen LogP contribution in [0, 0.1) is 0 Å². The SMILES string of the molecule is CCNC(=O)C(CC)N(Cc1c(Cl)cccc1Cl)C(=O)CSCc1ccccc1. The summed E-state index contributed by atoms with van der Waals surface area (Å²) in [6.07, 6.45) is 0.503. The van der Waals surface area contributed by atoms with E-state index in [1.807, 2.05) is 44.2 Å². The molecular formula is C22H26Cl2N2O2S. The third-order valence-electron chi connectivity index (χ3n) is 4.46. The van der Waals surface area contributed by atoms with Crippen molar-refractivity contribution in [2.75, 3.05) is 12.3 Å². The minimum absolute atomic E-state index is 0.111. The number of halogens is 2. The summed E-state index contributed by atoms with van der Waals surface area (Å²) in [5.41, 5.74) is 1.81. The van der Waals surface area contributed by atoms with Crippen molar-refractivity contribution in [3.8, 4) is 0 Å². The zero-order valence-corrected chi connectivity index (χ0v) is 19.0. The summed E-state index contributed by atoms with van der Waals surface area (Å²) in [6, 6.07) is 14.6. The third kappa shape index (κ3) is 6.95. The number of carbonyl (C=O) groups excluding carboxylic acids is 2. The van der Waals surface area contributed by atoms with Crippen molar-refractivity contribution in [1.29, 1.82) is 0 Å². The summed E-state index contributed by atoms with van der Waals surface area (Å²) >= 11 is 14.2. The van der Waals surface area contributed by atoms with Gasteiger partial charge in [-0.15, -0.1) is 11.8 Å². The molecule has 0 fully saturated rings. The largest absolute Gasteiger partial charge is 0.355 e. The van der Waals surface area contributed by atoms with Crippen LogP contribution in [0.5, 0.6) is 0 Å². The maximum Gasteiger partial charge on any atom is 0.242 e. The second-order valence-corrected chi connectivity index (χ2v) is 8.32. The first-order valence-electron chi connectivity index (χ1n) is 9.59. The lowest BCUT2D eigenvalue weighted by atomic mass is 10.1. The van der Waals surface area contributed by atoms with E-state index < -0.39 is 6.04 Å². The summed E-state index contributed by atoms with van der Waals surface area (Å²) in [7, 11) is 0. The summed E-state index contributed by atoms with van der Waals surface area (Å²) in [5, 5.41) is 3.79. The average Bonchev–Trinajstić information content (AvgIpc) is 2.71. The molecule has 2 rings (SSSR count). The van der Waals surface area contributed by atoms with E-state index in [0.29, 0.717) is 28.6 Å². The molecule has 1 atom stereocenters. The molecule has 0 saturated heterocycles. The average molecular weight is 453 g/mol. The molecule has 1 unspecified atom stereocenters. The normalized spacial score (nSPS) is 11.7. The Morgan fingerprint density at radius 3 is 2.28 bits per heavy atom. The molecule has 0 aliphatic heterocycles. The first kappa shape index (κ1) is 23.6. The van der Waals surface area contributed by atoms with Crippen molar-refractivity contribution >= 4 is 46.8 Å². The lowest BCUT2D eigenvalue weighted by molar-refractivity contribution is -0.139. The third-order valence-corrected chi connectivity index (χ3v) is 6.16. The fraction of sp³-hybridized carbons (Fsp3) is 0.364. The molecule has 1 N–H and O–H groups in total. The Kier molecular flexibility index (Phi) is 9.85. The molecule has 0 radical (unpaired) electrons. The van der Waals surface area contributed by atoms with E-state index >= 15 is 0 Å². The molecule has 4 nitrogen and oxygen atoms in total. The smallest absolute Gasteiger partial charge is 0.242 e. The summed E-state index contributed by atoms with van der Waals surface area (Å²) < 4.78 is 0. The zero-order valence-electron chi connectivity index (χ0n) is 16.7. The maximum absolute atomic E-state index is 13.1. The van der Waals surface area contributed by atoms with Crippen LogP contribution in [0.15, 0.2) is 48.5 Å². The van der Waals surface area contributed by atoms with Gasteiger partial charge in [0, 0.05) is 34.5 Å². The van der Waals surface area contributed by atoms with Crippen molar-refractivity contribution in [1.82, 2.24) is 10.2 Å². The Balaban J connectivity index is 2.18. The zero-order chi connectivity index (χ0) is 21.2. The number of carbonyl (C=O) groups is 2. The Bertz CT molecular complexity index is 797. The number of amides is 2. The number of nitrogens with zero attached hydrogens (tertiary/aromatic N) is 1. The standard InChI is InChI=1S/C22H26Cl2N2O2S/c1-3-20(22(28)25-4-2)26(13-17-18(23)11-8-12-19(17)24)21(27)15-29-14-16-9-6-5-7-10-16/h5-12,20H,3-4,13-15H2,1-2H3,(H,25,28). The van der Waals surface area contributed by atoms with Gasteiger partial charge in [0.15, 0.2) is 0 Å². The van der Waals surface area contributed by atoms with Gasteiger partial charge in [-0.3, -0.25) is 9.59 Å². The molecule has 0 aromatic heterocycles. The molecular weight excluding hydrogens is 427 g/mol. The summed E-state index contributed by atoms with van der Waals surface area (Å²) in [6.45, 7) is 4.45. The Morgan fingerprint density at radius 1 is 1.03 bits per heavy atom. The van der Waals surface area contributed by atoms with Crippen molar-refractivity contribution in [3.05, 3.63) is 69.7 Å². The van der Waals surface area contributed by atoms with Gasteiger partial charge in [0.1, 0.15) is 6.04 Å². The Labute approximate surface area is 187 Å². The van der Waals surface area contributed by atoms with Gasteiger partial charge in [0.25, 0.3) is 0 Å². The van der Waals surface area contributed by atoms with Crippen LogP contribution in [-0.4, -0.2) is 35.1 Å². The number of thioether (sulfide) groups is 1. The predicted molar refractivity (Wildman–Crippen MR) is 122 cm³/mol. The van der Waals surface area contributed by atoms with E-state index in [1.165, 1.54) is 11.8 Å². The number of nitrogens with one attached hydrogen (secondary N) is 1. The van der Waals surface area contributed by atoms with Gasteiger partial charge < -0.3 is 10.2 Å². The molecule has 2 amide bonds. The van der Waals surface area contributed by atoms with Crippen LogP contribution in [0.4, 0.5) is 0 Å². The predicted octanol–water partition coefficient (Wildman–Crippen LogP) is 5.17. The molecule has 0 aliphatic rings. The lowest BCUT2D eigenvalue weighted by Gasteiger charge is -2.31. The van der Waals surface area contributed by atoms with E-state index in [1.54, 1.807) is 23.1 Å². The van der Waals surface area contributed by atoms with Crippen LogP contribution >= 0.6 is 35.0 Å². The molecule has 0 aliphatic carbocycles. The second kappa shape index (κ2) is 12.1. The van der Waals surface area contributed by atoms with E-state index in [4.69, 9.17) is 23.2 Å². The van der Waals surface area contributed by atoms with E-state index in [2.05, 4.69) is 5.32 Å². The van der Waals surface area contributed by atoms with E-state index in [0.717, 1.165) is 11.3 Å². The van der Waals surface area contributed by atoms with E-state index in [9.17, 15) is 9.59 Å². The summed E-state index contributed by atoms with van der Waals surface area (Å²) in [4.78, 5) is 27.3. The highest BCUT2D eigenvalue weighted by molar-refractivity contribution is 7.99. The van der Waals surface area contributed by atoms with Gasteiger partial charge in [0.2, 0.25) is 11.8 Å². The van der Waals surface area contributed by atoms with Crippen molar-refractivity contribution in [3.63, 3.8) is 0 Å². The topological polar surface area (TPSA) is 49.4 Å². The molecule has 156 valence electrons. The second-order valence-electron chi connectivity index (χ2n) is 6.52. The highest BCUT2D eigenvalue weighted by Crippen LogP contribution is 2.27. The number of hydrogen-bond donors (Lipinski definition) is 1. The van der Waals surface area contributed by atoms with Gasteiger partial charge in [-0.1, -0.05) is 66.5 Å². The van der Waals surface area contributed by atoms with Crippen LogP contribution in [-0.2, 0) is 21.9 Å². The van der Waals surface area contributed by atoms with Crippen LogP contribution in [0.25, 0.3) is 0 Å². The quantitative estimate of drug-likeness (QED) is 0.540. The maximum atomic E-state index is 13.1. The number of likely N-dealkylation sites (N-methyl/N-ethyl adjacent to an activating group) is 1. The molecule has 0 saturated carbocycles. The van der Waals surface area contributed by atoms with Crippen LogP contribution in [0.2, 0.25) is 10.0 Å². The van der Waals surface area contributed by atoms with Gasteiger partial charge >= 0.3 is 0 Å². The van der Waals surface area contributed by atoms with E-state index in [-0.39, 0.29) is 24.1 Å². The first-order chi connectivity index (χ1) is 14.0. The van der Waals surface area contributed by atoms with Crippen molar-refractivity contribution in [2.24, 2.45) is 0 Å². The monoisotopic (exact) mass is 452 g/mol. The summed E-state index contributed by atoms with van der Waals surface area (Å²) in [5.74, 6) is 0.720. The molecule has 29 heavy (non-hydrogen) atoms. The van der Waals surface area contributed by atoms with Crippen molar-refractivity contribution < 1.29 is 9.59 Å². The molecule has 7 heteroatoms. The van der Waals surface area contributed by atoms with Gasteiger partial charge in [-0.2, -0.15) is 0 Å². The van der Waals surface area contributed by atoms with Crippen LogP contribution < -0.4 is 5.32 Å². The highest BCUT2D eigenvalue weighted by atomic mass is 35.5. The molecule has 0 spiro atoms. The molecule has 2 aromatic rings. The lowest BCUT2D eigenvalue weighted by Crippen LogP contribution is -2.49. The minimum atomic E-state index is -0.577. The van der Waals surface area contributed by atoms with Crippen molar-refractivity contribution in [2.45, 2.75) is 38.6 Å². The number of rotatable bonds is 10. The van der Waals surface area contributed by atoms with Crippen LogP contribution in [0.3, 0.4) is 0 Å². The fourth-order valence-electron chi connectivity index (χ4n) is 2.98. The van der Waals surface area contributed by atoms with Crippen LogP contribution in [0.1, 0.15) is 31.4 Å². The Hall–Kier alpha value is -1.69. The number of hydrogen-bond acceptors (Lipinski definition) is 3. The minimum Gasteiger partial charge on any atom is -0.355 e. The molecule has 2 aromatic carbocycles. The Morgan fingerprint density at radius 2 is 1.69 bits per heavy atom. The van der Waals surface area contributed by atoms with Gasteiger partial charge in [-0.05, 0) is 31.0 Å². The van der Waals surface area contributed by atoms with Gasteiger partial charge in [0.05, 0.1) is 5.75 Å². The molecule has 0 bridgehead atoms. The highest BCUT2D eigenvalue weighted by Gasteiger charge is 2.29. The molecule has 0 heterocycles. The first-order valence-corrected chi connectivity index (χ1v) is 11.5.